The first kappa shape index (κ1) is 36.0. The Bertz CT molecular complexity index is 1150. The smallest absolute Gasteiger partial charge is 0.310 e. The van der Waals surface area contributed by atoms with Gasteiger partial charge in [-0.25, -0.2) is 0 Å². The fourth-order valence-electron chi connectivity index (χ4n) is 12.6. The number of aliphatic carboxylic acids is 1. The minimum Gasteiger partial charge on any atom is -0.481 e. The van der Waals surface area contributed by atoms with Gasteiger partial charge in [0.2, 0.25) is 0 Å². The van der Waals surface area contributed by atoms with Crippen LogP contribution in [0.5, 0.6) is 0 Å². The van der Waals surface area contributed by atoms with E-state index >= 15 is 0 Å². The van der Waals surface area contributed by atoms with Gasteiger partial charge in [-0.15, -0.1) is 0 Å². The Morgan fingerprint density at radius 2 is 1.41 bits per heavy atom. The Labute approximate surface area is 282 Å². The van der Waals surface area contributed by atoms with E-state index in [1.807, 2.05) is 0 Å². The maximum atomic E-state index is 13.1. The van der Waals surface area contributed by atoms with E-state index in [1.165, 1.54) is 63.4 Å². The first-order valence-corrected chi connectivity index (χ1v) is 19.7. The molecule has 4 fully saturated rings. The number of carbonyl (C=O) groups excluding carboxylic acids is 1. The van der Waals surface area contributed by atoms with Crippen LogP contribution in [0.2, 0.25) is 0 Å². The van der Waals surface area contributed by atoms with Crippen LogP contribution in [0.15, 0.2) is 11.6 Å². The first-order valence-electron chi connectivity index (χ1n) is 19.7. The van der Waals surface area contributed by atoms with E-state index in [1.54, 1.807) is 0 Å². The highest BCUT2D eigenvalue weighted by Crippen LogP contribution is 2.75. The molecule has 0 aromatic heterocycles. The number of carbonyl (C=O) groups is 2. The van der Waals surface area contributed by atoms with Gasteiger partial charge in [-0.3, -0.25) is 9.59 Å². The Morgan fingerprint density at radius 3 is 2.07 bits per heavy atom. The van der Waals surface area contributed by atoms with Gasteiger partial charge < -0.3 is 9.84 Å². The van der Waals surface area contributed by atoms with Gasteiger partial charge in [0.15, 0.2) is 0 Å². The lowest BCUT2D eigenvalue weighted by Gasteiger charge is -2.71. The van der Waals surface area contributed by atoms with Gasteiger partial charge in [-0.2, -0.15) is 0 Å². The molecule has 8 atom stereocenters. The van der Waals surface area contributed by atoms with Crippen LogP contribution in [0.25, 0.3) is 0 Å². The number of unbranched alkanes of at least 4 members (excludes halogenated alkanes) is 8. The van der Waals surface area contributed by atoms with Crippen molar-refractivity contribution in [2.75, 3.05) is 0 Å². The zero-order chi connectivity index (χ0) is 33.6. The second-order valence-electron chi connectivity index (χ2n) is 19.1. The first-order chi connectivity index (χ1) is 21.6. The molecule has 262 valence electrons. The summed E-state index contributed by atoms with van der Waals surface area (Å²) in [5.41, 5.74) is 1.46. The molecular weight excluding hydrogens is 568 g/mol. The minimum atomic E-state index is -0.580. The number of allylic oxidation sites excluding steroid dienone is 2. The molecule has 0 bridgehead atoms. The average molecular weight is 639 g/mol. The lowest BCUT2D eigenvalue weighted by atomic mass is 9.33. The third-order valence-corrected chi connectivity index (χ3v) is 15.8. The molecule has 0 saturated heterocycles. The van der Waals surface area contributed by atoms with E-state index in [0.29, 0.717) is 18.3 Å². The molecule has 5 aliphatic rings. The molecule has 0 aliphatic heterocycles. The number of esters is 1. The van der Waals surface area contributed by atoms with Crippen LogP contribution >= 0.6 is 0 Å². The zero-order valence-electron chi connectivity index (χ0n) is 31.2. The highest BCUT2D eigenvalue weighted by molar-refractivity contribution is 5.76. The van der Waals surface area contributed by atoms with E-state index in [9.17, 15) is 14.7 Å². The van der Waals surface area contributed by atoms with Gasteiger partial charge in [0.05, 0.1) is 5.41 Å². The summed E-state index contributed by atoms with van der Waals surface area (Å²) in [5, 5.41) is 10.7. The van der Waals surface area contributed by atoms with Gasteiger partial charge >= 0.3 is 11.9 Å². The molecule has 0 unspecified atom stereocenters. The normalized spacial score (nSPS) is 40.8. The standard InChI is InChI=1S/C42H70O4/c1-9-10-11-12-13-14-15-16-17-18-35(43)46-34-22-23-39(6)32(38(34,4)5)21-24-41(8)33(39)20-19-30-31-29-37(2,3)25-27-42(31,36(44)45)28-26-40(30,41)7/h19,31-34H,9-18,20-29H2,1-8H3,(H,44,45)/t31-,32-,33+,34-,39-,40+,41+,42-/m0/s1. The van der Waals surface area contributed by atoms with Crippen molar-refractivity contribution in [3.63, 3.8) is 0 Å². The highest BCUT2D eigenvalue weighted by atomic mass is 16.5. The molecule has 0 aromatic rings. The lowest BCUT2D eigenvalue weighted by molar-refractivity contribution is -0.214. The van der Waals surface area contributed by atoms with E-state index < -0.39 is 11.4 Å². The molecule has 0 spiro atoms. The SMILES string of the molecule is CCCCCCCCCCCC(=O)O[C@H]1CC[C@]2(C)[C@H]3CC=C4[C@@H]5CC(C)(C)CC[C@]5(C(=O)O)CC[C@@]4(C)[C@]3(C)CC[C@H]2C1(C)C. The molecule has 0 aromatic carbocycles. The van der Waals surface area contributed by atoms with Crippen molar-refractivity contribution in [1.82, 2.24) is 0 Å². The van der Waals surface area contributed by atoms with Crippen molar-refractivity contribution >= 4 is 11.9 Å². The fourth-order valence-corrected chi connectivity index (χ4v) is 12.6. The molecule has 4 nitrogen and oxygen atoms in total. The fraction of sp³-hybridized carbons (Fsp3) is 0.905. The van der Waals surface area contributed by atoms with Crippen molar-refractivity contribution in [3.8, 4) is 0 Å². The minimum absolute atomic E-state index is 0.00149. The number of hydrogen-bond acceptors (Lipinski definition) is 3. The maximum Gasteiger partial charge on any atom is 0.310 e. The third kappa shape index (κ3) is 6.05. The van der Waals surface area contributed by atoms with Crippen molar-refractivity contribution in [2.24, 2.45) is 50.2 Å². The Balaban J connectivity index is 1.26. The number of carboxylic acid groups (broad SMARTS) is 1. The molecule has 5 aliphatic carbocycles. The monoisotopic (exact) mass is 639 g/mol. The molecule has 5 rings (SSSR count). The molecule has 46 heavy (non-hydrogen) atoms. The summed E-state index contributed by atoms with van der Waals surface area (Å²) in [5.74, 6) is 0.715. The molecule has 0 amide bonds. The lowest BCUT2D eigenvalue weighted by Crippen LogP contribution is -2.65. The summed E-state index contributed by atoms with van der Waals surface area (Å²) < 4.78 is 6.35. The van der Waals surface area contributed by atoms with Crippen LogP contribution in [0, 0.1) is 50.2 Å². The molecule has 1 N–H and O–H groups in total. The van der Waals surface area contributed by atoms with Gasteiger partial charge in [0.25, 0.3) is 0 Å². The summed E-state index contributed by atoms with van der Waals surface area (Å²) >= 11 is 0. The average Bonchev–Trinajstić information content (AvgIpc) is 2.97. The van der Waals surface area contributed by atoms with Gasteiger partial charge in [0.1, 0.15) is 6.10 Å². The predicted octanol–water partition coefficient (Wildman–Crippen LogP) is 11.7. The van der Waals surface area contributed by atoms with Crippen LogP contribution < -0.4 is 0 Å². The van der Waals surface area contributed by atoms with Crippen molar-refractivity contribution in [2.45, 2.75) is 190 Å². The summed E-state index contributed by atoms with van der Waals surface area (Å²) in [7, 11) is 0. The van der Waals surface area contributed by atoms with Gasteiger partial charge in [-0.05, 0) is 110 Å². The molecule has 4 heteroatoms. The van der Waals surface area contributed by atoms with Gasteiger partial charge in [-0.1, -0.05) is 118 Å². The second kappa shape index (κ2) is 13.2. The zero-order valence-corrected chi connectivity index (χ0v) is 31.2. The van der Waals surface area contributed by atoms with Crippen LogP contribution in [0.4, 0.5) is 0 Å². The highest BCUT2D eigenvalue weighted by Gasteiger charge is 2.69. The van der Waals surface area contributed by atoms with Crippen molar-refractivity contribution < 1.29 is 19.4 Å². The number of fused-ring (bicyclic) bond motifs is 7. The van der Waals surface area contributed by atoms with Crippen molar-refractivity contribution in [1.29, 1.82) is 0 Å². The predicted molar refractivity (Wildman–Crippen MR) is 188 cm³/mol. The molecule has 4 saturated carbocycles. The van der Waals surface area contributed by atoms with E-state index in [0.717, 1.165) is 64.2 Å². The molecule has 0 heterocycles. The summed E-state index contributed by atoms with van der Waals surface area (Å²) in [6.07, 6.45) is 24.6. The number of ether oxygens (including phenoxy) is 1. The molecule has 0 radical (unpaired) electrons. The summed E-state index contributed by atoms with van der Waals surface area (Å²) in [6.45, 7) is 19.5. The van der Waals surface area contributed by atoms with E-state index in [4.69, 9.17) is 4.74 Å². The Morgan fingerprint density at radius 1 is 0.783 bits per heavy atom. The van der Waals surface area contributed by atoms with Crippen LogP contribution in [-0.4, -0.2) is 23.1 Å². The third-order valence-electron chi connectivity index (χ3n) is 15.8. The van der Waals surface area contributed by atoms with Crippen LogP contribution in [0.1, 0.15) is 184 Å². The molecular formula is C42H70O4. The quantitative estimate of drug-likeness (QED) is 0.131. The topological polar surface area (TPSA) is 63.6 Å². The Hall–Kier alpha value is -1.32. The van der Waals surface area contributed by atoms with Crippen LogP contribution in [0.3, 0.4) is 0 Å². The number of carboxylic acids is 1. The van der Waals surface area contributed by atoms with Gasteiger partial charge in [0, 0.05) is 11.8 Å². The Kier molecular flexibility index (Phi) is 10.3. The van der Waals surface area contributed by atoms with Crippen LogP contribution in [-0.2, 0) is 14.3 Å². The second-order valence-corrected chi connectivity index (χ2v) is 19.1. The number of rotatable bonds is 12. The summed E-state index contributed by atoms with van der Waals surface area (Å²) in [4.78, 5) is 26.0. The van der Waals surface area contributed by atoms with E-state index in [-0.39, 0.29) is 45.1 Å². The van der Waals surface area contributed by atoms with Crippen molar-refractivity contribution in [3.05, 3.63) is 11.6 Å². The number of hydrogen-bond donors (Lipinski definition) is 1. The van der Waals surface area contributed by atoms with E-state index in [2.05, 4.69) is 61.5 Å². The largest absolute Gasteiger partial charge is 0.481 e. The summed E-state index contributed by atoms with van der Waals surface area (Å²) in [6, 6.07) is 0. The maximum absolute atomic E-state index is 13.1.